The van der Waals surface area contributed by atoms with Gasteiger partial charge in [0.15, 0.2) is 0 Å². The molecule has 3 heteroatoms. The predicted octanol–water partition coefficient (Wildman–Crippen LogP) is 3.31. The molecular weight excluding hydrogens is 204 g/mol. The lowest BCUT2D eigenvalue weighted by Crippen LogP contribution is -1.93. The van der Waals surface area contributed by atoms with Crippen LogP contribution in [0.15, 0.2) is 34.5 Å². The highest BCUT2D eigenvalue weighted by Gasteiger charge is 1.95. The van der Waals surface area contributed by atoms with E-state index in [1.54, 1.807) is 0 Å². The van der Waals surface area contributed by atoms with E-state index >= 15 is 0 Å². The standard InChI is InChI=1S/C12H16N2.H2S/c1-9(2)13-14-11(4)12-7-5-10(3)6-8-12;/h5-8H,1-4H3;1H2/b14-11+;. The fraction of sp³-hybridized carbons (Fsp3) is 0.333. The van der Waals surface area contributed by atoms with Gasteiger partial charge in [-0.25, -0.2) is 0 Å². The number of aryl methyl sites for hydroxylation is 1. The van der Waals surface area contributed by atoms with Gasteiger partial charge in [0.05, 0.1) is 5.71 Å². The fourth-order valence-electron chi connectivity index (χ4n) is 1.03. The molecular formula is C12H18N2S. The van der Waals surface area contributed by atoms with Crippen LogP contribution in [-0.4, -0.2) is 11.4 Å². The Labute approximate surface area is 98.6 Å². The molecule has 0 N–H and O–H groups in total. The Morgan fingerprint density at radius 1 is 0.933 bits per heavy atom. The summed E-state index contributed by atoms with van der Waals surface area (Å²) in [6.45, 7) is 7.92. The highest BCUT2D eigenvalue weighted by atomic mass is 32.1. The summed E-state index contributed by atoms with van der Waals surface area (Å²) in [5, 5.41) is 8.16. The van der Waals surface area contributed by atoms with Gasteiger partial charge in [-0.1, -0.05) is 29.8 Å². The molecule has 0 spiro atoms. The summed E-state index contributed by atoms with van der Waals surface area (Å²) in [6, 6.07) is 8.29. The number of rotatable bonds is 2. The van der Waals surface area contributed by atoms with Crippen LogP contribution in [0.25, 0.3) is 0 Å². The first-order valence-corrected chi connectivity index (χ1v) is 4.72. The van der Waals surface area contributed by atoms with E-state index in [0.29, 0.717) is 0 Å². The molecule has 1 rings (SSSR count). The number of benzene rings is 1. The van der Waals surface area contributed by atoms with E-state index in [-0.39, 0.29) is 13.5 Å². The Kier molecular flexibility index (Phi) is 5.94. The average molecular weight is 222 g/mol. The van der Waals surface area contributed by atoms with Gasteiger partial charge >= 0.3 is 0 Å². The zero-order valence-corrected chi connectivity index (χ0v) is 10.7. The zero-order chi connectivity index (χ0) is 10.6. The summed E-state index contributed by atoms with van der Waals surface area (Å²) in [6.07, 6.45) is 0. The van der Waals surface area contributed by atoms with Crippen molar-refractivity contribution in [2.45, 2.75) is 27.7 Å². The molecule has 0 aliphatic heterocycles. The molecule has 0 saturated carbocycles. The highest BCUT2D eigenvalue weighted by Crippen LogP contribution is 2.04. The van der Waals surface area contributed by atoms with Gasteiger partial charge in [0.2, 0.25) is 0 Å². The average Bonchev–Trinajstić information content (AvgIpc) is 2.15. The van der Waals surface area contributed by atoms with Gasteiger partial charge in [0.1, 0.15) is 0 Å². The van der Waals surface area contributed by atoms with Crippen molar-refractivity contribution in [3.8, 4) is 0 Å². The molecule has 0 amide bonds. The zero-order valence-electron chi connectivity index (χ0n) is 9.70. The van der Waals surface area contributed by atoms with Crippen LogP contribution in [-0.2, 0) is 0 Å². The van der Waals surface area contributed by atoms with E-state index in [1.165, 1.54) is 5.56 Å². The molecule has 0 bridgehead atoms. The van der Waals surface area contributed by atoms with Crippen LogP contribution < -0.4 is 0 Å². The van der Waals surface area contributed by atoms with Crippen LogP contribution in [0.5, 0.6) is 0 Å². The highest BCUT2D eigenvalue weighted by molar-refractivity contribution is 7.59. The normalized spacial score (nSPS) is 10.5. The van der Waals surface area contributed by atoms with Crippen LogP contribution in [0.2, 0.25) is 0 Å². The molecule has 0 aliphatic carbocycles. The lowest BCUT2D eigenvalue weighted by molar-refractivity contribution is 1.21. The van der Waals surface area contributed by atoms with E-state index in [4.69, 9.17) is 0 Å². The summed E-state index contributed by atoms with van der Waals surface area (Å²) < 4.78 is 0. The quantitative estimate of drug-likeness (QED) is 0.542. The second-order valence-corrected chi connectivity index (χ2v) is 3.60. The second-order valence-electron chi connectivity index (χ2n) is 3.60. The van der Waals surface area contributed by atoms with Crippen LogP contribution in [0.4, 0.5) is 0 Å². The number of nitrogens with zero attached hydrogens (tertiary/aromatic N) is 2. The molecule has 1 aromatic rings. The van der Waals surface area contributed by atoms with Gasteiger partial charge < -0.3 is 0 Å². The van der Waals surface area contributed by atoms with Crippen molar-refractivity contribution < 1.29 is 0 Å². The maximum atomic E-state index is 4.13. The van der Waals surface area contributed by atoms with Crippen molar-refractivity contribution >= 4 is 24.9 Å². The Bertz CT molecular complexity index is 360. The number of hydrogen-bond acceptors (Lipinski definition) is 2. The molecule has 2 nitrogen and oxygen atoms in total. The minimum atomic E-state index is 0. The van der Waals surface area contributed by atoms with Crippen molar-refractivity contribution in [1.29, 1.82) is 0 Å². The van der Waals surface area contributed by atoms with E-state index in [0.717, 1.165) is 17.0 Å². The Balaban J connectivity index is 0.00000196. The molecule has 0 atom stereocenters. The molecule has 0 fully saturated rings. The van der Waals surface area contributed by atoms with Gasteiger partial charge in [-0.3, -0.25) is 0 Å². The molecule has 0 radical (unpaired) electrons. The first-order chi connectivity index (χ1) is 6.59. The molecule has 0 aromatic heterocycles. The van der Waals surface area contributed by atoms with Crippen LogP contribution in [0, 0.1) is 6.92 Å². The first kappa shape index (κ1) is 13.9. The Hall–Kier alpha value is -1.09. The summed E-state index contributed by atoms with van der Waals surface area (Å²) in [5.41, 5.74) is 4.31. The summed E-state index contributed by atoms with van der Waals surface area (Å²) in [7, 11) is 0. The molecule has 0 heterocycles. The number of hydrogen-bond donors (Lipinski definition) is 0. The summed E-state index contributed by atoms with van der Waals surface area (Å²) in [4.78, 5) is 0. The maximum absolute atomic E-state index is 4.13. The topological polar surface area (TPSA) is 24.7 Å². The lowest BCUT2D eigenvalue weighted by Gasteiger charge is -1.99. The lowest BCUT2D eigenvalue weighted by atomic mass is 10.1. The third kappa shape index (κ3) is 4.79. The molecule has 0 saturated heterocycles. The van der Waals surface area contributed by atoms with Crippen molar-refractivity contribution in [2.75, 3.05) is 0 Å². The van der Waals surface area contributed by atoms with Crippen molar-refractivity contribution in [3.63, 3.8) is 0 Å². The summed E-state index contributed by atoms with van der Waals surface area (Å²) in [5.74, 6) is 0. The molecule has 15 heavy (non-hydrogen) atoms. The maximum Gasteiger partial charge on any atom is 0.0671 e. The van der Waals surface area contributed by atoms with Crippen molar-refractivity contribution in [1.82, 2.24) is 0 Å². The van der Waals surface area contributed by atoms with Gasteiger partial charge in [-0.2, -0.15) is 23.7 Å². The molecule has 1 aromatic carbocycles. The molecule has 82 valence electrons. The third-order valence-corrected chi connectivity index (χ3v) is 1.87. The largest absolute Gasteiger partial charge is 0.197 e. The van der Waals surface area contributed by atoms with Gasteiger partial charge in [-0.05, 0) is 33.3 Å². The van der Waals surface area contributed by atoms with Crippen LogP contribution in [0.1, 0.15) is 31.9 Å². The molecule has 0 aliphatic rings. The van der Waals surface area contributed by atoms with Crippen LogP contribution in [0.3, 0.4) is 0 Å². The minimum absolute atomic E-state index is 0. The van der Waals surface area contributed by atoms with Gasteiger partial charge in [0, 0.05) is 5.71 Å². The van der Waals surface area contributed by atoms with E-state index in [2.05, 4.69) is 41.4 Å². The van der Waals surface area contributed by atoms with Crippen molar-refractivity contribution in [2.24, 2.45) is 10.2 Å². The monoisotopic (exact) mass is 222 g/mol. The van der Waals surface area contributed by atoms with E-state index in [1.807, 2.05) is 20.8 Å². The van der Waals surface area contributed by atoms with Gasteiger partial charge in [0.25, 0.3) is 0 Å². The summed E-state index contributed by atoms with van der Waals surface area (Å²) >= 11 is 0. The smallest absolute Gasteiger partial charge is 0.0671 e. The minimum Gasteiger partial charge on any atom is -0.197 e. The van der Waals surface area contributed by atoms with Crippen molar-refractivity contribution in [3.05, 3.63) is 35.4 Å². The molecule has 0 unspecified atom stereocenters. The third-order valence-electron chi connectivity index (χ3n) is 1.87. The van der Waals surface area contributed by atoms with Gasteiger partial charge in [-0.15, -0.1) is 0 Å². The Morgan fingerprint density at radius 3 is 1.93 bits per heavy atom. The first-order valence-electron chi connectivity index (χ1n) is 4.72. The van der Waals surface area contributed by atoms with E-state index < -0.39 is 0 Å². The fourth-order valence-corrected chi connectivity index (χ4v) is 1.03. The predicted molar refractivity (Wildman–Crippen MR) is 72.6 cm³/mol. The van der Waals surface area contributed by atoms with E-state index in [9.17, 15) is 0 Å². The van der Waals surface area contributed by atoms with Crippen LogP contribution >= 0.6 is 13.5 Å². The SMILES string of the molecule is CC(C)=N/N=C(\C)c1ccc(C)cc1.S. The second kappa shape index (κ2) is 6.40. The Morgan fingerprint density at radius 2 is 1.47 bits per heavy atom.